The fourth-order valence-electron chi connectivity index (χ4n) is 3.14. The maximum Gasteiger partial charge on any atom is 0.547 e. The molecular formula is C18H22BN4O6+. The Kier molecular flexibility index (Phi) is 6.20. The number of para-hydroxylation sites is 1. The number of amides is 1. The highest BCUT2D eigenvalue weighted by Gasteiger charge is 2.37. The van der Waals surface area contributed by atoms with Crippen LogP contribution in [0.3, 0.4) is 0 Å². The van der Waals surface area contributed by atoms with Crippen molar-refractivity contribution < 1.29 is 34.3 Å². The van der Waals surface area contributed by atoms with Crippen LogP contribution in [0.25, 0.3) is 0 Å². The van der Waals surface area contributed by atoms with E-state index in [0.29, 0.717) is 30.0 Å². The van der Waals surface area contributed by atoms with Gasteiger partial charge in [0.25, 0.3) is 0 Å². The number of fused-ring (bicyclic) bond motifs is 1. The van der Waals surface area contributed by atoms with Crippen molar-refractivity contribution in [2.45, 2.75) is 18.8 Å². The van der Waals surface area contributed by atoms with Crippen molar-refractivity contribution >= 4 is 24.8 Å². The SMILES string of the molecule is NCCNc1ccc(CC(=O)N[C@H]2Cc3cccc(C(=O)O)c3OB2O)c[n+]1O. The van der Waals surface area contributed by atoms with Gasteiger partial charge in [-0.15, -0.1) is 0 Å². The number of carboxylic acids is 1. The maximum atomic E-state index is 12.4. The second-order valence-electron chi connectivity index (χ2n) is 6.64. The average molecular weight is 401 g/mol. The molecule has 1 aromatic carbocycles. The number of nitrogens with zero attached hydrogens (tertiary/aromatic N) is 1. The largest absolute Gasteiger partial charge is 0.547 e. The Morgan fingerprint density at radius 3 is 2.79 bits per heavy atom. The minimum atomic E-state index is -1.38. The van der Waals surface area contributed by atoms with E-state index in [9.17, 15) is 24.9 Å². The van der Waals surface area contributed by atoms with E-state index < -0.39 is 19.0 Å². The molecule has 1 aliphatic rings. The van der Waals surface area contributed by atoms with Crippen LogP contribution in [-0.4, -0.2) is 53.4 Å². The predicted molar refractivity (Wildman–Crippen MR) is 103 cm³/mol. The normalized spacial score (nSPS) is 15.2. The smallest absolute Gasteiger partial charge is 0.534 e. The maximum absolute atomic E-state index is 12.4. The Morgan fingerprint density at radius 2 is 2.10 bits per heavy atom. The highest BCUT2D eigenvalue weighted by Crippen LogP contribution is 2.30. The van der Waals surface area contributed by atoms with Crippen LogP contribution in [-0.2, 0) is 17.6 Å². The lowest BCUT2D eigenvalue weighted by atomic mass is 9.72. The lowest BCUT2D eigenvalue weighted by Gasteiger charge is -2.28. The summed E-state index contributed by atoms with van der Waals surface area (Å²) in [6.45, 7) is 0.901. The summed E-state index contributed by atoms with van der Waals surface area (Å²) < 4.78 is 6.23. The second-order valence-corrected chi connectivity index (χ2v) is 6.64. The van der Waals surface area contributed by atoms with Crippen LogP contribution in [0.15, 0.2) is 36.5 Å². The minimum Gasteiger partial charge on any atom is -0.534 e. The molecule has 2 heterocycles. The predicted octanol–water partition coefficient (Wildman–Crippen LogP) is -1.04. The Bertz CT molecular complexity index is 925. The number of carboxylic acid groups (broad SMARTS) is 1. The number of pyridine rings is 1. The molecule has 1 amide bonds. The van der Waals surface area contributed by atoms with Gasteiger partial charge in [0.1, 0.15) is 11.9 Å². The fraction of sp³-hybridized carbons (Fsp3) is 0.278. The molecule has 2 aromatic rings. The van der Waals surface area contributed by atoms with E-state index in [0.717, 1.165) is 4.73 Å². The monoisotopic (exact) mass is 401 g/mol. The van der Waals surface area contributed by atoms with Gasteiger partial charge in [0.2, 0.25) is 5.91 Å². The standard InChI is InChI=1S/C18H21BN4O6/c20-6-7-21-15-5-4-11(10-23(15)28)8-16(24)22-14-9-12-2-1-3-13(18(25)26)17(12)29-19(14)27/h1-5,10,14,27-28H,6-9,20H2,(H2,22,24,25,26)/p+1/t14-/m0/s1. The number of carbonyl (C=O) groups is 2. The zero-order chi connectivity index (χ0) is 21.0. The zero-order valence-electron chi connectivity index (χ0n) is 15.5. The van der Waals surface area contributed by atoms with Crippen LogP contribution in [0.2, 0.25) is 0 Å². The molecule has 10 nitrogen and oxygen atoms in total. The average Bonchev–Trinajstić information content (AvgIpc) is 2.67. The number of aromatic carboxylic acids is 1. The lowest BCUT2D eigenvalue weighted by Crippen LogP contribution is -2.53. The van der Waals surface area contributed by atoms with Gasteiger partial charge in [0, 0.05) is 18.2 Å². The van der Waals surface area contributed by atoms with Gasteiger partial charge in [-0.1, -0.05) is 16.9 Å². The van der Waals surface area contributed by atoms with E-state index in [4.69, 9.17) is 10.4 Å². The van der Waals surface area contributed by atoms with Crippen molar-refractivity contribution in [3.05, 3.63) is 53.2 Å². The van der Waals surface area contributed by atoms with Gasteiger partial charge in [-0.05, 0) is 24.1 Å². The van der Waals surface area contributed by atoms with Crippen LogP contribution >= 0.6 is 0 Å². The summed E-state index contributed by atoms with van der Waals surface area (Å²) in [5.41, 5.74) is 6.51. The molecule has 29 heavy (non-hydrogen) atoms. The van der Waals surface area contributed by atoms with E-state index >= 15 is 0 Å². The first-order chi connectivity index (χ1) is 13.9. The minimum absolute atomic E-state index is 0.0248. The highest BCUT2D eigenvalue weighted by molar-refractivity contribution is 6.47. The fourth-order valence-corrected chi connectivity index (χ4v) is 3.14. The van der Waals surface area contributed by atoms with Crippen molar-refractivity contribution in [2.75, 3.05) is 18.4 Å². The number of hydrogen-bond acceptors (Lipinski definition) is 7. The second kappa shape index (κ2) is 8.80. The summed E-state index contributed by atoms with van der Waals surface area (Å²) in [6.07, 6.45) is 1.61. The van der Waals surface area contributed by atoms with E-state index in [2.05, 4.69) is 10.6 Å². The van der Waals surface area contributed by atoms with Crippen molar-refractivity contribution in [3.63, 3.8) is 0 Å². The first kappa shape index (κ1) is 20.4. The Hall–Kier alpha value is -3.31. The molecule has 0 saturated heterocycles. The quantitative estimate of drug-likeness (QED) is 0.195. The molecule has 0 spiro atoms. The van der Waals surface area contributed by atoms with E-state index in [1.54, 1.807) is 24.3 Å². The first-order valence-electron chi connectivity index (χ1n) is 9.06. The molecule has 0 bridgehead atoms. The Morgan fingerprint density at radius 1 is 1.31 bits per heavy atom. The number of anilines is 1. The topological polar surface area (TPSA) is 158 Å². The van der Waals surface area contributed by atoms with Gasteiger partial charge in [0.05, 0.1) is 24.5 Å². The summed E-state index contributed by atoms with van der Waals surface area (Å²) >= 11 is 0. The van der Waals surface area contributed by atoms with Crippen LogP contribution in [0.5, 0.6) is 5.75 Å². The summed E-state index contributed by atoms with van der Waals surface area (Å²) in [6, 6.07) is 7.98. The number of hydrogen-bond donors (Lipinski definition) is 6. The molecule has 0 fully saturated rings. The molecule has 3 rings (SSSR count). The number of benzene rings is 1. The third-order valence-corrected chi connectivity index (χ3v) is 4.50. The number of nitrogens with one attached hydrogen (secondary N) is 2. The zero-order valence-corrected chi connectivity index (χ0v) is 15.5. The molecular weight excluding hydrogens is 379 g/mol. The Labute approximate surface area is 167 Å². The number of aromatic nitrogens is 1. The molecule has 11 heteroatoms. The van der Waals surface area contributed by atoms with Gasteiger partial charge >= 0.3 is 18.9 Å². The number of rotatable bonds is 7. The third kappa shape index (κ3) is 4.76. The molecule has 152 valence electrons. The molecule has 1 atom stereocenters. The van der Waals surface area contributed by atoms with Crippen molar-refractivity contribution in [1.82, 2.24) is 5.32 Å². The van der Waals surface area contributed by atoms with E-state index in [1.807, 2.05) is 0 Å². The molecule has 0 unspecified atom stereocenters. The summed E-state index contributed by atoms with van der Waals surface area (Å²) in [5.74, 6) is -1.70. The summed E-state index contributed by atoms with van der Waals surface area (Å²) in [7, 11) is -1.38. The van der Waals surface area contributed by atoms with Gasteiger partial charge < -0.3 is 31.0 Å². The van der Waals surface area contributed by atoms with Crippen LogP contribution in [0, 0.1) is 0 Å². The molecule has 0 radical (unpaired) electrons. The number of nitrogens with two attached hydrogens (primary N) is 1. The van der Waals surface area contributed by atoms with E-state index in [-0.39, 0.29) is 30.1 Å². The Balaban J connectivity index is 1.65. The van der Waals surface area contributed by atoms with Crippen molar-refractivity contribution in [1.29, 1.82) is 0 Å². The van der Waals surface area contributed by atoms with Crippen molar-refractivity contribution in [3.8, 4) is 5.75 Å². The van der Waals surface area contributed by atoms with Crippen molar-refractivity contribution in [2.24, 2.45) is 5.73 Å². The van der Waals surface area contributed by atoms with E-state index in [1.165, 1.54) is 12.3 Å². The molecule has 7 N–H and O–H groups in total. The molecule has 0 aliphatic carbocycles. The third-order valence-electron chi connectivity index (χ3n) is 4.50. The summed E-state index contributed by atoms with van der Waals surface area (Å²) in [4.78, 5) is 23.7. The van der Waals surface area contributed by atoms with Gasteiger partial charge in [-0.2, -0.15) is 0 Å². The molecule has 1 aromatic heterocycles. The summed E-state index contributed by atoms with van der Waals surface area (Å²) in [5, 5.41) is 35.0. The lowest BCUT2D eigenvalue weighted by molar-refractivity contribution is -0.893. The number of carbonyl (C=O) groups excluding carboxylic acids is 1. The molecule has 0 saturated carbocycles. The van der Waals surface area contributed by atoms with Gasteiger partial charge in [0.15, 0.2) is 0 Å². The molecule has 1 aliphatic heterocycles. The van der Waals surface area contributed by atoms with Crippen LogP contribution in [0.1, 0.15) is 21.5 Å². The van der Waals surface area contributed by atoms with Gasteiger partial charge in [-0.3, -0.25) is 10.1 Å². The van der Waals surface area contributed by atoms with Gasteiger partial charge in [-0.25, -0.2) is 4.79 Å². The van der Waals surface area contributed by atoms with Crippen LogP contribution in [0.4, 0.5) is 5.82 Å². The van der Waals surface area contributed by atoms with Crippen LogP contribution < -0.4 is 25.8 Å². The highest BCUT2D eigenvalue weighted by atomic mass is 16.5. The first-order valence-corrected chi connectivity index (χ1v) is 9.06.